The van der Waals surface area contributed by atoms with E-state index in [0.29, 0.717) is 33.1 Å². The maximum Gasteiger partial charge on any atom is 0.291 e. The molecule has 0 aliphatic heterocycles. The van der Waals surface area contributed by atoms with Crippen LogP contribution < -0.4 is 10.0 Å². The highest BCUT2D eigenvalue weighted by Gasteiger charge is 2.17. The maximum absolute atomic E-state index is 12.6. The number of nitrogens with zero attached hydrogens (tertiary/aromatic N) is 2. The van der Waals surface area contributed by atoms with E-state index < -0.39 is 15.9 Å². The number of carbonyl (C=O) groups excluding carboxylic acids is 1. The molecule has 2 N–H and O–H groups in total. The fourth-order valence-electron chi connectivity index (χ4n) is 2.99. The van der Waals surface area contributed by atoms with Gasteiger partial charge in [0.1, 0.15) is 5.58 Å². The molecule has 158 valence electrons. The molecule has 0 aliphatic carbocycles. The van der Waals surface area contributed by atoms with Gasteiger partial charge in [0.05, 0.1) is 4.90 Å². The third-order valence-electron chi connectivity index (χ3n) is 4.33. The molecule has 0 spiro atoms. The van der Waals surface area contributed by atoms with Crippen molar-refractivity contribution >= 4 is 50.1 Å². The standard InChI is InChI=1S/C21H17ClN4O4S/c1-12-9-13(2)24-21(23-12)26-31(28,29)17-6-4-16(5-7-17)25-20(27)19-11-14-10-15(22)3-8-18(14)30-19/h3-11H,1-2H3,(H,25,27)(H,23,24,26). The highest BCUT2D eigenvalue weighted by atomic mass is 35.5. The fraction of sp³-hybridized carbons (Fsp3) is 0.0952. The van der Waals surface area contributed by atoms with Crippen LogP contribution in [0.4, 0.5) is 11.6 Å². The number of sulfonamides is 1. The second-order valence-electron chi connectivity index (χ2n) is 6.85. The summed E-state index contributed by atoms with van der Waals surface area (Å²) in [5.74, 6) is -0.354. The second-order valence-corrected chi connectivity index (χ2v) is 8.97. The van der Waals surface area contributed by atoms with Crippen LogP contribution in [0, 0.1) is 13.8 Å². The van der Waals surface area contributed by atoms with E-state index in [2.05, 4.69) is 20.0 Å². The van der Waals surface area contributed by atoms with E-state index in [-0.39, 0.29) is 16.6 Å². The van der Waals surface area contributed by atoms with Gasteiger partial charge in [0.25, 0.3) is 15.9 Å². The molecule has 31 heavy (non-hydrogen) atoms. The molecule has 0 saturated carbocycles. The summed E-state index contributed by atoms with van der Waals surface area (Å²) in [6, 6.07) is 14.1. The van der Waals surface area contributed by atoms with Crippen molar-refractivity contribution in [2.45, 2.75) is 18.7 Å². The molecule has 2 heterocycles. The number of anilines is 2. The Morgan fingerprint density at radius 3 is 2.32 bits per heavy atom. The van der Waals surface area contributed by atoms with Crippen LogP contribution in [-0.2, 0) is 10.0 Å². The summed E-state index contributed by atoms with van der Waals surface area (Å²) in [7, 11) is -3.88. The number of aryl methyl sites for hydroxylation is 2. The SMILES string of the molecule is Cc1cc(C)nc(NS(=O)(=O)c2ccc(NC(=O)c3cc4cc(Cl)ccc4o3)cc2)n1. The molecule has 0 bridgehead atoms. The van der Waals surface area contributed by atoms with Gasteiger partial charge >= 0.3 is 0 Å². The minimum Gasteiger partial charge on any atom is -0.451 e. The number of carbonyl (C=O) groups is 1. The van der Waals surface area contributed by atoms with Gasteiger partial charge in [0.2, 0.25) is 5.95 Å². The van der Waals surface area contributed by atoms with Crippen molar-refractivity contribution in [2.75, 3.05) is 10.0 Å². The number of fused-ring (bicyclic) bond motifs is 1. The van der Waals surface area contributed by atoms with Gasteiger partial charge in [-0.25, -0.2) is 23.1 Å². The number of aromatic nitrogens is 2. The van der Waals surface area contributed by atoms with E-state index in [1.807, 2.05) is 0 Å². The zero-order chi connectivity index (χ0) is 22.2. The van der Waals surface area contributed by atoms with Gasteiger partial charge < -0.3 is 9.73 Å². The van der Waals surface area contributed by atoms with Crippen LogP contribution in [0.15, 0.2) is 63.9 Å². The van der Waals surface area contributed by atoms with E-state index in [1.165, 1.54) is 24.3 Å². The molecule has 0 fully saturated rings. The topological polar surface area (TPSA) is 114 Å². The molecule has 4 rings (SSSR count). The highest BCUT2D eigenvalue weighted by Crippen LogP contribution is 2.24. The molecular formula is C21H17ClN4O4S. The molecule has 1 amide bonds. The monoisotopic (exact) mass is 456 g/mol. The maximum atomic E-state index is 12.6. The first-order valence-electron chi connectivity index (χ1n) is 9.15. The first-order valence-corrected chi connectivity index (χ1v) is 11.0. The largest absolute Gasteiger partial charge is 0.451 e. The number of rotatable bonds is 5. The Morgan fingerprint density at radius 1 is 0.968 bits per heavy atom. The lowest BCUT2D eigenvalue weighted by molar-refractivity contribution is 0.0998. The van der Waals surface area contributed by atoms with Gasteiger partial charge in [-0.2, -0.15) is 0 Å². The van der Waals surface area contributed by atoms with Crippen LogP contribution in [0.3, 0.4) is 0 Å². The van der Waals surface area contributed by atoms with Gasteiger partial charge in [0, 0.05) is 27.5 Å². The van der Waals surface area contributed by atoms with Gasteiger partial charge in [0.15, 0.2) is 5.76 Å². The van der Waals surface area contributed by atoms with Crippen LogP contribution in [0.2, 0.25) is 5.02 Å². The average Bonchev–Trinajstić information content (AvgIpc) is 3.10. The lowest BCUT2D eigenvalue weighted by atomic mass is 10.2. The zero-order valence-corrected chi connectivity index (χ0v) is 18.1. The van der Waals surface area contributed by atoms with E-state index in [9.17, 15) is 13.2 Å². The molecule has 0 radical (unpaired) electrons. The van der Waals surface area contributed by atoms with Crippen molar-refractivity contribution in [1.29, 1.82) is 0 Å². The van der Waals surface area contributed by atoms with E-state index in [4.69, 9.17) is 16.0 Å². The van der Waals surface area contributed by atoms with E-state index in [1.54, 1.807) is 44.2 Å². The molecule has 2 aromatic carbocycles. The predicted octanol–water partition coefficient (Wildman–Crippen LogP) is 4.55. The fourth-order valence-corrected chi connectivity index (χ4v) is 4.11. The Balaban J connectivity index is 1.49. The number of hydrogen-bond donors (Lipinski definition) is 2. The predicted molar refractivity (Wildman–Crippen MR) is 118 cm³/mol. The van der Waals surface area contributed by atoms with Crippen molar-refractivity contribution in [3.8, 4) is 0 Å². The van der Waals surface area contributed by atoms with Gasteiger partial charge in [-0.15, -0.1) is 0 Å². The molecule has 0 unspecified atom stereocenters. The quantitative estimate of drug-likeness (QED) is 0.455. The minimum atomic E-state index is -3.88. The molecule has 10 heteroatoms. The number of furan rings is 1. The Bertz CT molecular complexity index is 1380. The minimum absolute atomic E-state index is 0.000122. The van der Waals surface area contributed by atoms with Crippen LogP contribution in [0.5, 0.6) is 0 Å². The second kappa shape index (κ2) is 8.01. The summed E-state index contributed by atoms with van der Waals surface area (Å²) < 4.78 is 33.1. The number of hydrogen-bond acceptors (Lipinski definition) is 6. The Kier molecular flexibility index (Phi) is 5.38. The number of nitrogens with one attached hydrogen (secondary N) is 2. The van der Waals surface area contributed by atoms with Gasteiger partial charge in [-0.1, -0.05) is 11.6 Å². The van der Waals surface area contributed by atoms with Crippen molar-refractivity contribution in [1.82, 2.24) is 9.97 Å². The van der Waals surface area contributed by atoms with Crippen LogP contribution >= 0.6 is 11.6 Å². The Hall–Kier alpha value is -3.43. The lowest BCUT2D eigenvalue weighted by Crippen LogP contribution is -2.16. The molecule has 4 aromatic rings. The van der Waals surface area contributed by atoms with Gasteiger partial charge in [-0.3, -0.25) is 4.79 Å². The van der Waals surface area contributed by atoms with E-state index >= 15 is 0 Å². The first kappa shape index (κ1) is 20.8. The molecular weight excluding hydrogens is 440 g/mol. The smallest absolute Gasteiger partial charge is 0.291 e. The van der Waals surface area contributed by atoms with Crippen molar-refractivity contribution in [3.05, 3.63) is 76.8 Å². The van der Waals surface area contributed by atoms with Gasteiger partial charge in [-0.05, 0) is 68.4 Å². The zero-order valence-electron chi connectivity index (χ0n) is 16.5. The first-order chi connectivity index (χ1) is 14.7. The Morgan fingerprint density at radius 2 is 1.65 bits per heavy atom. The lowest BCUT2D eigenvalue weighted by Gasteiger charge is -2.09. The summed E-state index contributed by atoms with van der Waals surface area (Å²) >= 11 is 5.95. The normalized spacial score (nSPS) is 11.5. The summed E-state index contributed by atoms with van der Waals surface area (Å²) in [5, 5.41) is 3.92. The van der Waals surface area contributed by atoms with Crippen molar-refractivity contribution in [3.63, 3.8) is 0 Å². The Labute approximate surface area is 183 Å². The van der Waals surface area contributed by atoms with Crippen LogP contribution in [0.1, 0.15) is 21.9 Å². The molecule has 2 aromatic heterocycles. The summed E-state index contributed by atoms with van der Waals surface area (Å²) in [5.41, 5.74) is 2.24. The number of benzene rings is 2. The molecule has 0 saturated heterocycles. The summed E-state index contributed by atoms with van der Waals surface area (Å²) in [6.45, 7) is 3.50. The number of amides is 1. The average molecular weight is 457 g/mol. The summed E-state index contributed by atoms with van der Waals surface area (Å²) in [6.07, 6.45) is 0. The van der Waals surface area contributed by atoms with Crippen LogP contribution in [0.25, 0.3) is 11.0 Å². The molecule has 0 atom stereocenters. The van der Waals surface area contributed by atoms with Crippen molar-refractivity contribution in [2.24, 2.45) is 0 Å². The number of halogens is 1. The summed E-state index contributed by atoms with van der Waals surface area (Å²) in [4.78, 5) is 20.6. The van der Waals surface area contributed by atoms with Crippen LogP contribution in [-0.4, -0.2) is 24.3 Å². The van der Waals surface area contributed by atoms with Crippen molar-refractivity contribution < 1.29 is 17.6 Å². The molecule has 0 aliphatic rings. The third kappa shape index (κ3) is 4.68. The van der Waals surface area contributed by atoms with E-state index in [0.717, 1.165) is 0 Å². The third-order valence-corrected chi connectivity index (χ3v) is 5.91. The molecule has 8 nitrogen and oxygen atoms in total. The highest BCUT2D eigenvalue weighted by molar-refractivity contribution is 7.92.